The summed E-state index contributed by atoms with van der Waals surface area (Å²) in [5.74, 6) is 0.0655. The van der Waals surface area contributed by atoms with E-state index in [1.54, 1.807) is 13.8 Å². The van der Waals surface area contributed by atoms with Crippen molar-refractivity contribution in [2.45, 2.75) is 26.8 Å². The van der Waals surface area contributed by atoms with E-state index in [1.165, 1.54) is 24.3 Å². The van der Waals surface area contributed by atoms with Gasteiger partial charge >= 0.3 is 6.36 Å². The van der Waals surface area contributed by atoms with Crippen molar-refractivity contribution in [2.24, 2.45) is 0 Å². The van der Waals surface area contributed by atoms with Crippen molar-refractivity contribution in [1.82, 2.24) is 10.3 Å². The molecule has 0 saturated heterocycles. The third kappa shape index (κ3) is 4.24. The van der Waals surface area contributed by atoms with E-state index >= 15 is 0 Å². The van der Waals surface area contributed by atoms with Crippen LogP contribution in [0.5, 0.6) is 5.75 Å². The molecule has 1 amide bonds. The van der Waals surface area contributed by atoms with E-state index in [0.717, 1.165) is 0 Å². The summed E-state index contributed by atoms with van der Waals surface area (Å²) in [6.07, 6.45) is -4.72. The van der Waals surface area contributed by atoms with Gasteiger partial charge in [0.25, 0.3) is 5.91 Å². The summed E-state index contributed by atoms with van der Waals surface area (Å²) >= 11 is 0. The Morgan fingerprint density at radius 2 is 1.91 bits per heavy atom. The summed E-state index contributed by atoms with van der Waals surface area (Å²) in [6, 6.07) is 5.23. The molecule has 22 heavy (non-hydrogen) atoms. The minimum Gasteiger partial charge on any atom is -0.445 e. The van der Waals surface area contributed by atoms with Crippen LogP contribution < -0.4 is 10.1 Å². The molecule has 2 rings (SSSR count). The van der Waals surface area contributed by atoms with E-state index in [-0.39, 0.29) is 18.0 Å². The summed E-state index contributed by atoms with van der Waals surface area (Å²) in [4.78, 5) is 15.9. The maximum Gasteiger partial charge on any atom is 0.573 e. The zero-order valence-corrected chi connectivity index (χ0v) is 11.8. The Kier molecular flexibility index (Phi) is 4.39. The number of ether oxygens (including phenoxy) is 1. The lowest BCUT2D eigenvalue weighted by atomic mass is 10.2. The third-order valence-electron chi connectivity index (χ3n) is 2.73. The number of aromatic nitrogens is 1. The molecule has 1 aromatic heterocycles. The van der Waals surface area contributed by atoms with Crippen molar-refractivity contribution in [3.8, 4) is 5.75 Å². The molecular weight excluding hydrogens is 301 g/mol. The number of amides is 1. The normalized spacial score (nSPS) is 11.3. The van der Waals surface area contributed by atoms with E-state index in [1.807, 2.05) is 0 Å². The average Bonchev–Trinajstić information content (AvgIpc) is 2.75. The van der Waals surface area contributed by atoms with E-state index < -0.39 is 12.3 Å². The van der Waals surface area contributed by atoms with Crippen LogP contribution in [0.3, 0.4) is 0 Å². The van der Waals surface area contributed by atoms with Crippen LogP contribution in [-0.4, -0.2) is 17.3 Å². The topological polar surface area (TPSA) is 64.4 Å². The van der Waals surface area contributed by atoms with Gasteiger partial charge in [-0.2, -0.15) is 0 Å². The maximum absolute atomic E-state index is 12.0. The van der Waals surface area contributed by atoms with Crippen LogP contribution in [0.15, 0.2) is 28.7 Å². The van der Waals surface area contributed by atoms with Gasteiger partial charge in [-0.05, 0) is 24.6 Å². The molecule has 8 heteroatoms. The van der Waals surface area contributed by atoms with Crippen molar-refractivity contribution in [3.05, 3.63) is 47.2 Å². The molecule has 0 spiro atoms. The number of hydrogen-bond acceptors (Lipinski definition) is 4. The lowest BCUT2D eigenvalue weighted by molar-refractivity contribution is -0.274. The second-order valence-electron chi connectivity index (χ2n) is 4.51. The quantitative estimate of drug-likeness (QED) is 0.942. The van der Waals surface area contributed by atoms with Crippen molar-refractivity contribution in [1.29, 1.82) is 0 Å². The number of rotatable bonds is 4. The molecule has 0 atom stereocenters. The van der Waals surface area contributed by atoms with Gasteiger partial charge in [0.2, 0.25) is 0 Å². The van der Waals surface area contributed by atoms with Crippen molar-refractivity contribution >= 4 is 5.91 Å². The number of nitrogens with zero attached hydrogens (tertiary/aromatic N) is 1. The van der Waals surface area contributed by atoms with Crippen LogP contribution in [0.2, 0.25) is 0 Å². The van der Waals surface area contributed by atoms with Gasteiger partial charge in [-0.15, -0.1) is 13.2 Å². The Morgan fingerprint density at radius 3 is 2.41 bits per heavy atom. The van der Waals surface area contributed by atoms with Gasteiger partial charge in [-0.25, -0.2) is 4.98 Å². The second-order valence-corrected chi connectivity index (χ2v) is 4.51. The molecule has 1 heterocycles. The molecule has 0 fully saturated rings. The van der Waals surface area contributed by atoms with E-state index in [0.29, 0.717) is 17.2 Å². The Hall–Kier alpha value is -2.51. The Morgan fingerprint density at radius 1 is 1.27 bits per heavy atom. The fourth-order valence-electron chi connectivity index (χ4n) is 1.81. The molecule has 2 aromatic rings. The van der Waals surface area contributed by atoms with Crippen LogP contribution >= 0.6 is 0 Å². The molecule has 1 N–H and O–H groups in total. The number of aryl methyl sites for hydroxylation is 2. The van der Waals surface area contributed by atoms with Crippen LogP contribution in [0.4, 0.5) is 13.2 Å². The first-order valence-electron chi connectivity index (χ1n) is 6.31. The molecule has 0 radical (unpaired) electrons. The van der Waals surface area contributed by atoms with Crippen LogP contribution in [0.25, 0.3) is 0 Å². The smallest absolute Gasteiger partial charge is 0.445 e. The molecule has 0 aliphatic rings. The first-order valence-corrected chi connectivity index (χ1v) is 6.31. The maximum atomic E-state index is 12.0. The van der Waals surface area contributed by atoms with Gasteiger partial charge < -0.3 is 14.5 Å². The first-order chi connectivity index (χ1) is 10.2. The number of oxazole rings is 1. The van der Waals surface area contributed by atoms with Crippen LogP contribution in [0.1, 0.15) is 27.7 Å². The highest BCUT2D eigenvalue weighted by atomic mass is 19.4. The third-order valence-corrected chi connectivity index (χ3v) is 2.73. The predicted molar refractivity (Wildman–Crippen MR) is 70.3 cm³/mol. The van der Waals surface area contributed by atoms with Gasteiger partial charge in [0.05, 0.1) is 0 Å². The number of halogens is 3. The lowest BCUT2D eigenvalue weighted by Crippen LogP contribution is -2.23. The Labute approximate surface area is 124 Å². The number of benzene rings is 1. The van der Waals surface area contributed by atoms with Crippen molar-refractivity contribution < 1.29 is 27.1 Å². The molecule has 1 aromatic carbocycles. The first kappa shape index (κ1) is 15.9. The Balaban J connectivity index is 1.94. The fraction of sp³-hybridized carbons (Fsp3) is 0.286. The van der Waals surface area contributed by atoms with Gasteiger partial charge in [0.1, 0.15) is 11.5 Å². The Bertz CT molecular complexity index is 663. The monoisotopic (exact) mass is 314 g/mol. The number of carbonyl (C=O) groups is 1. The van der Waals surface area contributed by atoms with Gasteiger partial charge in [-0.1, -0.05) is 12.1 Å². The molecule has 0 bridgehead atoms. The molecular formula is C14H13F3N2O3. The van der Waals surface area contributed by atoms with Gasteiger partial charge in [-0.3, -0.25) is 4.79 Å². The van der Waals surface area contributed by atoms with Crippen LogP contribution in [0, 0.1) is 13.8 Å². The fourth-order valence-corrected chi connectivity index (χ4v) is 1.81. The van der Waals surface area contributed by atoms with E-state index in [4.69, 9.17) is 4.42 Å². The van der Waals surface area contributed by atoms with Crippen molar-refractivity contribution in [3.63, 3.8) is 0 Å². The zero-order valence-electron chi connectivity index (χ0n) is 11.8. The predicted octanol–water partition coefficient (Wildman–Crippen LogP) is 3.12. The summed E-state index contributed by atoms with van der Waals surface area (Å²) in [5.41, 5.74) is 0.815. The molecule has 0 unspecified atom stereocenters. The SMILES string of the molecule is Cc1nc(C(=O)NCc2ccc(OC(F)(F)F)cc2)c(C)o1. The minimum atomic E-state index is -4.72. The van der Waals surface area contributed by atoms with Crippen LogP contribution in [-0.2, 0) is 6.54 Å². The standard InChI is InChI=1S/C14H13F3N2O3/c1-8-12(19-9(2)21-8)13(20)18-7-10-3-5-11(6-4-10)22-14(15,16)17/h3-6H,7H2,1-2H3,(H,18,20). The highest BCUT2D eigenvalue weighted by Gasteiger charge is 2.30. The highest BCUT2D eigenvalue weighted by molar-refractivity contribution is 5.93. The highest BCUT2D eigenvalue weighted by Crippen LogP contribution is 2.22. The zero-order chi connectivity index (χ0) is 16.3. The number of alkyl halides is 3. The summed E-state index contributed by atoms with van der Waals surface area (Å²) in [5, 5.41) is 2.61. The minimum absolute atomic E-state index is 0.149. The largest absolute Gasteiger partial charge is 0.573 e. The molecule has 5 nitrogen and oxygen atoms in total. The average molecular weight is 314 g/mol. The molecule has 118 valence electrons. The molecule has 0 saturated carbocycles. The molecule has 0 aliphatic carbocycles. The summed E-state index contributed by atoms with van der Waals surface area (Å²) in [6.45, 7) is 3.40. The van der Waals surface area contributed by atoms with E-state index in [9.17, 15) is 18.0 Å². The molecule has 0 aliphatic heterocycles. The van der Waals surface area contributed by atoms with Gasteiger partial charge in [0, 0.05) is 13.5 Å². The van der Waals surface area contributed by atoms with E-state index in [2.05, 4.69) is 15.0 Å². The summed E-state index contributed by atoms with van der Waals surface area (Å²) < 4.78 is 45.0. The number of carbonyl (C=O) groups excluding carboxylic acids is 1. The van der Waals surface area contributed by atoms with Crippen molar-refractivity contribution in [2.75, 3.05) is 0 Å². The lowest BCUT2D eigenvalue weighted by Gasteiger charge is -2.09. The second kappa shape index (κ2) is 6.08. The summed E-state index contributed by atoms with van der Waals surface area (Å²) in [7, 11) is 0. The number of nitrogens with one attached hydrogen (secondary N) is 1. The number of hydrogen-bond donors (Lipinski definition) is 1. The van der Waals surface area contributed by atoms with Gasteiger partial charge in [0.15, 0.2) is 11.6 Å².